The van der Waals surface area contributed by atoms with Gasteiger partial charge < -0.3 is 4.74 Å². The van der Waals surface area contributed by atoms with E-state index in [2.05, 4.69) is 0 Å². The SMILES string of the molecule is CC/C(=C\c1cc(OCc2c(Cl)cccc2Cl)ccc1C)C(C)=O. The van der Waals surface area contributed by atoms with Crippen LogP contribution in [0.3, 0.4) is 0 Å². The van der Waals surface area contributed by atoms with Crippen LogP contribution in [0, 0.1) is 6.92 Å². The normalized spacial score (nSPS) is 11.5. The summed E-state index contributed by atoms with van der Waals surface area (Å²) in [5.41, 5.74) is 3.62. The molecule has 2 aromatic carbocycles. The second-order valence-corrected chi connectivity index (χ2v) is 6.40. The van der Waals surface area contributed by atoms with Gasteiger partial charge in [0.25, 0.3) is 0 Å². The molecule has 2 aromatic rings. The molecule has 24 heavy (non-hydrogen) atoms. The molecule has 0 aliphatic heterocycles. The number of hydrogen-bond donors (Lipinski definition) is 0. The number of allylic oxidation sites excluding steroid dienone is 1. The summed E-state index contributed by atoms with van der Waals surface area (Å²) in [6.45, 7) is 5.86. The van der Waals surface area contributed by atoms with Crippen LogP contribution in [-0.2, 0) is 11.4 Å². The highest BCUT2D eigenvalue weighted by Crippen LogP contribution is 2.27. The van der Waals surface area contributed by atoms with Crippen molar-refractivity contribution in [1.29, 1.82) is 0 Å². The van der Waals surface area contributed by atoms with Crippen LogP contribution in [0.5, 0.6) is 5.75 Å². The summed E-state index contributed by atoms with van der Waals surface area (Å²) in [4.78, 5) is 11.6. The Bertz CT molecular complexity index is 759. The van der Waals surface area contributed by atoms with E-state index in [1.54, 1.807) is 25.1 Å². The number of Topliss-reactive ketones (excluding diaryl/α,β-unsaturated/α-hetero) is 1. The fourth-order valence-electron chi connectivity index (χ4n) is 2.33. The maximum atomic E-state index is 11.6. The highest BCUT2D eigenvalue weighted by atomic mass is 35.5. The predicted octanol–water partition coefficient (Wildman–Crippen LogP) is 6.26. The Hall–Kier alpha value is -1.77. The molecule has 0 atom stereocenters. The van der Waals surface area contributed by atoms with Crippen molar-refractivity contribution in [3.8, 4) is 5.75 Å². The van der Waals surface area contributed by atoms with E-state index in [-0.39, 0.29) is 12.4 Å². The Morgan fingerprint density at radius 1 is 1.17 bits per heavy atom. The van der Waals surface area contributed by atoms with Gasteiger partial charge in [0.1, 0.15) is 12.4 Å². The largest absolute Gasteiger partial charge is 0.489 e. The van der Waals surface area contributed by atoms with Gasteiger partial charge in [0.2, 0.25) is 0 Å². The van der Waals surface area contributed by atoms with Crippen molar-refractivity contribution in [2.24, 2.45) is 0 Å². The van der Waals surface area contributed by atoms with Gasteiger partial charge in [0, 0.05) is 15.6 Å². The zero-order chi connectivity index (χ0) is 17.7. The summed E-state index contributed by atoms with van der Waals surface area (Å²) in [6.07, 6.45) is 2.63. The number of aryl methyl sites for hydroxylation is 1. The maximum Gasteiger partial charge on any atom is 0.155 e. The molecule has 0 unspecified atom stereocenters. The Balaban J connectivity index is 2.24. The first-order valence-electron chi connectivity index (χ1n) is 7.80. The average molecular weight is 363 g/mol. The highest BCUT2D eigenvalue weighted by molar-refractivity contribution is 6.35. The van der Waals surface area contributed by atoms with Crippen LogP contribution in [0.4, 0.5) is 0 Å². The molecule has 0 aliphatic carbocycles. The topological polar surface area (TPSA) is 26.3 Å². The molecule has 0 saturated carbocycles. The molecule has 0 radical (unpaired) electrons. The number of carbonyl (C=O) groups is 1. The number of halogens is 2. The molecule has 2 nitrogen and oxygen atoms in total. The lowest BCUT2D eigenvalue weighted by molar-refractivity contribution is -0.113. The van der Waals surface area contributed by atoms with Crippen molar-refractivity contribution in [2.75, 3.05) is 0 Å². The van der Waals surface area contributed by atoms with Crippen LogP contribution in [0.15, 0.2) is 42.0 Å². The Kier molecular flexibility index (Phi) is 6.47. The van der Waals surface area contributed by atoms with E-state index >= 15 is 0 Å². The standard InChI is InChI=1S/C20H20Cl2O2/c1-4-15(14(3)23)10-16-11-17(9-8-13(16)2)24-12-18-19(21)6-5-7-20(18)22/h5-11H,4,12H2,1-3H3/b15-10+. The van der Waals surface area contributed by atoms with E-state index in [0.29, 0.717) is 22.2 Å². The Morgan fingerprint density at radius 2 is 1.83 bits per heavy atom. The second-order valence-electron chi connectivity index (χ2n) is 5.59. The van der Waals surface area contributed by atoms with Gasteiger partial charge in [-0.2, -0.15) is 0 Å². The Labute approximate surface area is 153 Å². The number of rotatable bonds is 6. The quantitative estimate of drug-likeness (QED) is 0.566. The van der Waals surface area contributed by atoms with Gasteiger partial charge in [-0.3, -0.25) is 4.79 Å². The van der Waals surface area contributed by atoms with E-state index in [1.165, 1.54) is 0 Å². The van der Waals surface area contributed by atoms with Crippen LogP contribution >= 0.6 is 23.2 Å². The number of ether oxygens (including phenoxy) is 1. The van der Waals surface area contributed by atoms with Crippen LogP contribution in [-0.4, -0.2) is 5.78 Å². The maximum absolute atomic E-state index is 11.6. The third kappa shape index (κ3) is 4.62. The van der Waals surface area contributed by atoms with Crippen LogP contribution in [0.25, 0.3) is 6.08 Å². The minimum absolute atomic E-state index is 0.0890. The number of carbonyl (C=O) groups excluding carboxylic acids is 1. The van der Waals surface area contributed by atoms with Crippen LogP contribution in [0.1, 0.15) is 37.0 Å². The molecule has 0 aliphatic rings. The summed E-state index contributed by atoms with van der Waals surface area (Å²) in [7, 11) is 0. The fourth-order valence-corrected chi connectivity index (χ4v) is 2.84. The van der Waals surface area contributed by atoms with Gasteiger partial charge in [-0.25, -0.2) is 0 Å². The first-order valence-corrected chi connectivity index (χ1v) is 8.55. The molecule has 0 aromatic heterocycles. The second kappa shape index (κ2) is 8.36. The minimum atomic E-state index is 0.0890. The van der Waals surface area contributed by atoms with E-state index in [0.717, 1.165) is 22.3 Å². The van der Waals surface area contributed by atoms with Gasteiger partial charge in [-0.05, 0) is 67.3 Å². The van der Waals surface area contributed by atoms with Gasteiger partial charge >= 0.3 is 0 Å². The van der Waals surface area contributed by atoms with Crippen molar-refractivity contribution in [3.05, 3.63) is 68.7 Å². The lowest BCUT2D eigenvalue weighted by Crippen LogP contribution is -1.99. The van der Waals surface area contributed by atoms with Gasteiger partial charge in [0.05, 0.1) is 0 Å². The molecule has 0 amide bonds. The molecule has 4 heteroatoms. The first-order chi connectivity index (χ1) is 11.4. The molecular weight excluding hydrogens is 343 g/mol. The molecule has 0 heterocycles. The summed E-state index contributed by atoms with van der Waals surface area (Å²) >= 11 is 12.3. The summed E-state index contributed by atoms with van der Waals surface area (Å²) in [6, 6.07) is 11.2. The Morgan fingerprint density at radius 3 is 2.42 bits per heavy atom. The molecule has 126 valence electrons. The molecule has 0 N–H and O–H groups in total. The molecule has 0 fully saturated rings. The summed E-state index contributed by atoms with van der Waals surface area (Å²) in [5.74, 6) is 0.799. The van der Waals surface area contributed by atoms with Gasteiger partial charge in [-0.1, -0.05) is 42.3 Å². The molecular formula is C20H20Cl2O2. The first kappa shape index (κ1) is 18.6. The smallest absolute Gasteiger partial charge is 0.155 e. The van der Waals surface area contributed by atoms with Crippen molar-refractivity contribution in [1.82, 2.24) is 0 Å². The van der Waals surface area contributed by atoms with Crippen LogP contribution < -0.4 is 4.74 Å². The number of ketones is 1. The van der Waals surface area contributed by atoms with Crippen molar-refractivity contribution >= 4 is 35.1 Å². The van der Waals surface area contributed by atoms with E-state index < -0.39 is 0 Å². The average Bonchev–Trinajstić information content (AvgIpc) is 2.54. The monoisotopic (exact) mass is 362 g/mol. The number of hydrogen-bond acceptors (Lipinski definition) is 2. The van der Waals surface area contributed by atoms with Crippen molar-refractivity contribution in [2.45, 2.75) is 33.8 Å². The lowest BCUT2D eigenvalue weighted by Gasteiger charge is -2.11. The van der Waals surface area contributed by atoms with Gasteiger partial charge in [-0.15, -0.1) is 0 Å². The van der Waals surface area contributed by atoms with E-state index in [1.807, 2.05) is 38.1 Å². The van der Waals surface area contributed by atoms with Crippen molar-refractivity contribution < 1.29 is 9.53 Å². The third-order valence-corrected chi connectivity index (χ3v) is 4.57. The van der Waals surface area contributed by atoms with E-state index in [4.69, 9.17) is 27.9 Å². The summed E-state index contributed by atoms with van der Waals surface area (Å²) in [5, 5.41) is 1.17. The van der Waals surface area contributed by atoms with Crippen molar-refractivity contribution in [3.63, 3.8) is 0 Å². The zero-order valence-corrected chi connectivity index (χ0v) is 15.5. The minimum Gasteiger partial charge on any atom is -0.489 e. The summed E-state index contributed by atoms with van der Waals surface area (Å²) < 4.78 is 5.84. The van der Waals surface area contributed by atoms with Crippen LogP contribution in [0.2, 0.25) is 10.0 Å². The third-order valence-electron chi connectivity index (χ3n) is 3.86. The molecule has 0 spiro atoms. The molecule has 0 bridgehead atoms. The zero-order valence-electron chi connectivity index (χ0n) is 14.0. The number of benzene rings is 2. The fraction of sp³-hybridized carbons (Fsp3) is 0.250. The van der Waals surface area contributed by atoms with E-state index in [9.17, 15) is 4.79 Å². The molecule has 2 rings (SSSR count). The van der Waals surface area contributed by atoms with Gasteiger partial charge in [0.15, 0.2) is 5.78 Å². The lowest BCUT2D eigenvalue weighted by atomic mass is 10.0. The predicted molar refractivity (Wildman–Crippen MR) is 101 cm³/mol. The molecule has 0 saturated heterocycles. The highest BCUT2D eigenvalue weighted by Gasteiger charge is 2.08.